The number of hydrogen-bond donors (Lipinski definition) is 0. The number of esters is 1. The van der Waals surface area contributed by atoms with Crippen molar-refractivity contribution in [3.8, 4) is 0 Å². The van der Waals surface area contributed by atoms with Gasteiger partial charge in [-0.15, -0.1) is 0 Å². The standard InChI is InChI=1S/C11H18F2O2/c1-3-15-10(14)8-6-4-5-7-9(2)11(12)13/h3-8H2,1-2H3. The van der Waals surface area contributed by atoms with Crippen LogP contribution in [0.2, 0.25) is 0 Å². The molecule has 0 amide bonds. The Kier molecular flexibility index (Phi) is 7.86. The lowest BCUT2D eigenvalue weighted by molar-refractivity contribution is -0.143. The van der Waals surface area contributed by atoms with Gasteiger partial charge in [-0.1, -0.05) is 6.42 Å². The number of hydrogen-bond acceptors (Lipinski definition) is 2. The largest absolute Gasteiger partial charge is 0.466 e. The molecule has 0 saturated heterocycles. The summed E-state index contributed by atoms with van der Waals surface area (Å²) in [5, 5.41) is 0. The molecule has 0 fully saturated rings. The van der Waals surface area contributed by atoms with Crippen LogP contribution in [0.15, 0.2) is 11.7 Å². The second-order valence-electron chi connectivity index (χ2n) is 3.41. The van der Waals surface area contributed by atoms with E-state index in [-0.39, 0.29) is 11.5 Å². The molecule has 15 heavy (non-hydrogen) atoms. The van der Waals surface area contributed by atoms with Crippen molar-refractivity contribution in [2.75, 3.05) is 6.61 Å². The minimum Gasteiger partial charge on any atom is -0.466 e. The highest BCUT2D eigenvalue weighted by Crippen LogP contribution is 2.15. The molecule has 0 heterocycles. The number of carbonyl (C=O) groups excluding carboxylic acids is 1. The third-order valence-electron chi connectivity index (χ3n) is 2.06. The second kappa shape index (κ2) is 8.38. The summed E-state index contributed by atoms with van der Waals surface area (Å²) in [4.78, 5) is 10.9. The summed E-state index contributed by atoms with van der Waals surface area (Å²) in [6.07, 6.45) is 1.40. The molecule has 0 N–H and O–H groups in total. The molecule has 0 unspecified atom stereocenters. The maximum Gasteiger partial charge on any atom is 0.305 e. The fourth-order valence-corrected chi connectivity index (χ4v) is 1.16. The Morgan fingerprint density at radius 1 is 1.13 bits per heavy atom. The van der Waals surface area contributed by atoms with Crippen LogP contribution in [-0.4, -0.2) is 12.6 Å². The summed E-state index contributed by atoms with van der Waals surface area (Å²) in [5.74, 6) is -0.207. The molecule has 0 aliphatic rings. The number of allylic oxidation sites excluding steroid dienone is 1. The quantitative estimate of drug-likeness (QED) is 0.483. The van der Waals surface area contributed by atoms with Gasteiger partial charge in [-0.05, 0) is 38.7 Å². The van der Waals surface area contributed by atoms with Gasteiger partial charge in [-0.3, -0.25) is 4.79 Å². The molecule has 0 rings (SSSR count). The average molecular weight is 220 g/mol. The highest BCUT2D eigenvalue weighted by molar-refractivity contribution is 5.69. The second-order valence-corrected chi connectivity index (χ2v) is 3.41. The third kappa shape index (κ3) is 8.09. The first kappa shape index (κ1) is 14.1. The maximum absolute atomic E-state index is 12.0. The van der Waals surface area contributed by atoms with E-state index in [0.29, 0.717) is 32.3 Å². The van der Waals surface area contributed by atoms with E-state index in [0.717, 1.165) is 6.42 Å². The van der Waals surface area contributed by atoms with Crippen LogP contribution >= 0.6 is 0 Å². The Morgan fingerprint density at radius 2 is 1.73 bits per heavy atom. The SMILES string of the molecule is CCOC(=O)CCCCCC(C)=C(F)F. The van der Waals surface area contributed by atoms with Crippen LogP contribution in [0.25, 0.3) is 0 Å². The summed E-state index contributed by atoms with van der Waals surface area (Å²) in [5.41, 5.74) is 0.145. The summed E-state index contributed by atoms with van der Waals surface area (Å²) in [6, 6.07) is 0. The Hall–Kier alpha value is -0.930. The van der Waals surface area contributed by atoms with Crippen molar-refractivity contribution < 1.29 is 18.3 Å². The molecule has 0 spiro atoms. The Morgan fingerprint density at radius 3 is 2.27 bits per heavy atom. The maximum atomic E-state index is 12.0. The monoisotopic (exact) mass is 220 g/mol. The lowest BCUT2D eigenvalue weighted by Gasteiger charge is -2.02. The topological polar surface area (TPSA) is 26.3 Å². The van der Waals surface area contributed by atoms with Crippen LogP contribution in [-0.2, 0) is 9.53 Å². The lowest BCUT2D eigenvalue weighted by Crippen LogP contribution is -2.03. The van der Waals surface area contributed by atoms with Crippen molar-refractivity contribution in [2.24, 2.45) is 0 Å². The van der Waals surface area contributed by atoms with E-state index in [4.69, 9.17) is 4.74 Å². The number of unbranched alkanes of at least 4 members (excludes halogenated alkanes) is 2. The molecule has 0 radical (unpaired) electrons. The molecule has 0 bridgehead atoms. The summed E-state index contributed by atoms with van der Waals surface area (Å²) in [7, 11) is 0. The molecule has 4 heteroatoms. The fraction of sp³-hybridized carbons (Fsp3) is 0.727. The number of ether oxygens (including phenoxy) is 1. The molecule has 0 saturated carbocycles. The predicted molar refractivity (Wildman–Crippen MR) is 54.6 cm³/mol. The number of halogens is 2. The highest BCUT2D eigenvalue weighted by Gasteiger charge is 2.02. The van der Waals surface area contributed by atoms with E-state index in [1.54, 1.807) is 6.92 Å². The molecular formula is C11H18F2O2. The van der Waals surface area contributed by atoms with Gasteiger partial charge in [-0.2, -0.15) is 8.78 Å². The number of carbonyl (C=O) groups is 1. The minimum atomic E-state index is -1.58. The smallest absolute Gasteiger partial charge is 0.305 e. The van der Waals surface area contributed by atoms with E-state index in [9.17, 15) is 13.6 Å². The Labute approximate surface area is 89.3 Å². The van der Waals surface area contributed by atoms with Gasteiger partial charge in [0.05, 0.1) is 6.61 Å². The number of rotatable bonds is 7. The van der Waals surface area contributed by atoms with Crippen molar-refractivity contribution in [3.05, 3.63) is 11.7 Å². The van der Waals surface area contributed by atoms with Gasteiger partial charge in [0.15, 0.2) is 0 Å². The minimum absolute atomic E-state index is 0.145. The van der Waals surface area contributed by atoms with Crippen LogP contribution in [0.3, 0.4) is 0 Å². The van der Waals surface area contributed by atoms with E-state index >= 15 is 0 Å². The van der Waals surface area contributed by atoms with Gasteiger partial charge in [-0.25, -0.2) is 0 Å². The van der Waals surface area contributed by atoms with E-state index < -0.39 is 6.08 Å². The summed E-state index contributed by atoms with van der Waals surface area (Å²) in [6.45, 7) is 3.59. The zero-order chi connectivity index (χ0) is 11.7. The van der Waals surface area contributed by atoms with E-state index in [1.165, 1.54) is 6.92 Å². The Balaban J connectivity index is 3.40. The molecule has 0 aromatic rings. The van der Waals surface area contributed by atoms with E-state index in [2.05, 4.69) is 0 Å². The van der Waals surface area contributed by atoms with Gasteiger partial charge in [0.2, 0.25) is 0 Å². The lowest BCUT2D eigenvalue weighted by atomic mass is 10.1. The summed E-state index contributed by atoms with van der Waals surface area (Å²) >= 11 is 0. The first-order chi connectivity index (χ1) is 7.07. The van der Waals surface area contributed by atoms with Gasteiger partial charge in [0.1, 0.15) is 0 Å². The normalized spacial score (nSPS) is 9.87. The predicted octanol–water partition coefficient (Wildman–Crippen LogP) is 3.67. The molecule has 0 aliphatic heterocycles. The molecule has 0 atom stereocenters. The zero-order valence-corrected chi connectivity index (χ0v) is 9.32. The molecule has 0 aromatic heterocycles. The zero-order valence-electron chi connectivity index (χ0n) is 9.32. The Bertz CT molecular complexity index is 221. The van der Waals surface area contributed by atoms with Crippen LogP contribution in [0.4, 0.5) is 8.78 Å². The van der Waals surface area contributed by atoms with Crippen molar-refractivity contribution in [1.82, 2.24) is 0 Å². The molecular weight excluding hydrogens is 202 g/mol. The van der Waals surface area contributed by atoms with E-state index in [1.807, 2.05) is 0 Å². The van der Waals surface area contributed by atoms with Crippen LogP contribution < -0.4 is 0 Å². The molecule has 0 aromatic carbocycles. The van der Waals surface area contributed by atoms with Crippen molar-refractivity contribution in [3.63, 3.8) is 0 Å². The average Bonchev–Trinajstić information content (AvgIpc) is 2.17. The van der Waals surface area contributed by atoms with Crippen molar-refractivity contribution in [1.29, 1.82) is 0 Å². The molecule has 0 aliphatic carbocycles. The fourth-order valence-electron chi connectivity index (χ4n) is 1.16. The highest BCUT2D eigenvalue weighted by atomic mass is 19.3. The van der Waals surface area contributed by atoms with Gasteiger partial charge >= 0.3 is 5.97 Å². The van der Waals surface area contributed by atoms with Gasteiger partial charge in [0, 0.05) is 6.42 Å². The van der Waals surface area contributed by atoms with Gasteiger partial charge in [0.25, 0.3) is 6.08 Å². The molecule has 88 valence electrons. The third-order valence-corrected chi connectivity index (χ3v) is 2.06. The van der Waals surface area contributed by atoms with Crippen LogP contribution in [0.5, 0.6) is 0 Å². The van der Waals surface area contributed by atoms with Crippen LogP contribution in [0, 0.1) is 0 Å². The summed E-state index contributed by atoms with van der Waals surface area (Å²) < 4.78 is 28.7. The first-order valence-corrected chi connectivity index (χ1v) is 5.24. The van der Waals surface area contributed by atoms with Gasteiger partial charge < -0.3 is 4.74 Å². The first-order valence-electron chi connectivity index (χ1n) is 5.24. The van der Waals surface area contributed by atoms with Crippen molar-refractivity contribution in [2.45, 2.75) is 46.0 Å². The molecule has 2 nitrogen and oxygen atoms in total. The van der Waals surface area contributed by atoms with Crippen molar-refractivity contribution >= 4 is 5.97 Å². The van der Waals surface area contributed by atoms with Crippen LogP contribution in [0.1, 0.15) is 46.0 Å².